The Bertz CT molecular complexity index is 490. The molecule has 2 rings (SSSR count). The zero-order valence-corrected chi connectivity index (χ0v) is 12.0. The Morgan fingerprint density at radius 3 is 2.72 bits per heavy atom. The highest BCUT2D eigenvalue weighted by Gasteiger charge is 2.19. The van der Waals surface area contributed by atoms with Crippen LogP contribution < -0.4 is 5.73 Å². The van der Waals surface area contributed by atoms with Gasteiger partial charge in [0.1, 0.15) is 5.76 Å². The Hall–Kier alpha value is -1.10. The van der Waals surface area contributed by atoms with E-state index in [0.29, 0.717) is 6.54 Å². The van der Waals surface area contributed by atoms with E-state index in [0.717, 1.165) is 12.3 Å². The average molecular weight is 264 g/mol. The van der Waals surface area contributed by atoms with Gasteiger partial charge < -0.3 is 10.2 Å². The Kier molecular flexibility index (Phi) is 4.22. The van der Waals surface area contributed by atoms with Crippen molar-refractivity contribution in [2.75, 3.05) is 13.6 Å². The molecule has 0 fully saturated rings. The quantitative estimate of drug-likeness (QED) is 0.902. The maximum absolute atomic E-state index is 5.95. The highest BCUT2D eigenvalue weighted by molar-refractivity contribution is 7.12. The van der Waals surface area contributed by atoms with E-state index in [-0.39, 0.29) is 6.04 Å². The second kappa shape index (κ2) is 5.69. The smallest absolute Gasteiger partial charge is 0.117 e. The van der Waals surface area contributed by atoms with Crippen molar-refractivity contribution >= 4 is 11.3 Å². The third-order valence-corrected chi connectivity index (χ3v) is 4.16. The number of nitrogens with zero attached hydrogens (tertiary/aromatic N) is 1. The zero-order valence-electron chi connectivity index (χ0n) is 11.1. The number of hydrogen-bond donors (Lipinski definition) is 1. The molecule has 98 valence electrons. The molecule has 0 radical (unpaired) electrons. The molecule has 1 unspecified atom stereocenters. The molecule has 2 N–H and O–H groups in total. The number of furan rings is 1. The van der Waals surface area contributed by atoms with Gasteiger partial charge in [0.25, 0.3) is 0 Å². The maximum Gasteiger partial charge on any atom is 0.117 e. The molecule has 0 aromatic carbocycles. The second-order valence-corrected chi connectivity index (χ2v) is 6.08. The van der Waals surface area contributed by atoms with Gasteiger partial charge in [-0.05, 0) is 44.7 Å². The third-order valence-electron chi connectivity index (χ3n) is 3.18. The largest absolute Gasteiger partial charge is 0.468 e. The van der Waals surface area contributed by atoms with Crippen LogP contribution in [0.2, 0.25) is 0 Å². The van der Waals surface area contributed by atoms with Gasteiger partial charge in [0.05, 0.1) is 12.8 Å². The maximum atomic E-state index is 5.95. The van der Waals surface area contributed by atoms with Crippen LogP contribution >= 0.6 is 11.3 Å². The highest BCUT2D eigenvalue weighted by Crippen LogP contribution is 2.29. The van der Waals surface area contributed by atoms with Crippen LogP contribution in [-0.4, -0.2) is 18.5 Å². The van der Waals surface area contributed by atoms with Crippen molar-refractivity contribution in [1.82, 2.24) is 4.90 Å². The monoisotopic (exact) mass is 264 g/mol. The van der Waals surface area contributed by atoms with Crippen LogP contribution in [0.25, 0.3) is 0 Å². The lowest BCUT2D eigenvalue weighted by molar-refractivity contribution is 0.223. The molecule has 0 spiro atoms. The predicted molar refractivity (Wildman–Crippen MR) is 75.8 cm³/mol. The first-order valence-electron chi connectivity index (χ1n) is 6.11. The van der Waals surface area contributed by atoms with Crippen molar-refractivity contribution in [2.45, 2.75) is 26.4 Å². The van der Waals surface area contributed by atoms with Crippen molar-refractivity contribution < 1.29 is 4.42 Å². The molecule has 1 atom stereocenters. The SMILES string of the molecule is Cc1cc(C(CN)N(C)Cc2ccco2)c(C)s1. The van der Waals surface area contributed by atoms with Gasteiger partial charge in [-0.1, -0.05) is 0 Å². The lowest BCUT2D eigenvalue weighted by Gasteiger charge is -2.26. The van der Waals surface area contributed by atoms with E-state index < -0.39 is 0 Å². The van der Waals surface area contributed by atoms with Crippen LogP contribution in [0.4, 0.5) is 0 Å². The van der Waals surface area contributed by atoms with Crippen molar-refractivity contribution in [3.05, 3.63) is 45.5 Å². The molecule has 2 heterocycles. The molecule has 2 aromatic rings. The molecule has 4 heteroatoms. The molecule has 3 nitrogen and oxygen atoms in total. The van der Waals surface area contributed by atoms with E-state index in [9.17, 15) is 0 Å². The van der Waals surface area contributed by atoms with Crippen LogP contribution in [0.15, 0.2) is 28.9 Å². The number of thiophene rings is 1. The molecule has 2 aromatic heterocycles. The Labute approximate surface area is 112 Å². The predicted octanol–water partition coefficient (Wildman–Crippen LogP) is 3.09. The summed E-state index contributed by atoms with van der Waals surface area (Å²) in [5, 5.41) is 0. The van der Waals surface area contributed by atoms with Crippen LogP contribution in [0.5, 0.6) is 0 Å². The minimum atomic E-state index is 0.250. The standard InChI is InChI=1S/C14H20N2OS/c1-10-7-13(11(2)18-10)14(8-15)16(3)9-12-5-4-6-17-12/h4-7,14H,8-9,15H2,1-3H3. The normalized spacial score (nSPS) is 13.2. The van der Waals surface area contributed by atoms with Crippen LogP contribution in [0, 0.1) is 13.8 Å². The summed E-state index contributed by atoms with van der Waals surface area (Å²) in [5.41, 5.74) is 7.29. The molecule has 0 aliphatic heterocycles. The van der Waals surface area contributed by atoms with E-state index in [4.69, 9.17) is 10.2 Å². The van der Waals surface area contributed by atoms with Crippen molar-refractivity contribution in [3.8, 4) is 0 Å². The summed E-state index contributed by atoms with van der Waals surface area (Å²) >= 11 is 1.83. The van der Waals surface area contributed by atoms with Crippen molar-refractivity contribution in [2.24, 2.45) is 5.73 Å². The number of rotatable bonds is 5. The number of aryl methyl sites for hydroxylation is 2. The van der Waals surface area contributed by atoms with Gasteiger partial charge in [-0.2, -0.15) is 0 Å². The average Bonchev–Trinajstić information content (AvgIpc) is 2.91. The third kappa shape index (κ3) is 2.83. The first-order chi connectivity index (χ1) is 8.61. The zero-order chi connectivity index (χ0) is 13.1. The summed E-state index contributed by atoms with van der Waals surface area (Å²) in [6, 6.07) is 6.41. The van der Waals surface area contributed by atoms with Gasteiger partial charge in [-0.3, -0.25) is 4.90 Å². The van der Waals surface area contributed by atoms with Gasteiger partial charge in [0, 0.05) is 22.3 Å². The van der Waals surface area contributed by atoms with Gasteiger partial charge in [0.2, 0.25) is 0 Å². The fraction of sp³-hybridized carbons (Fsp3) is 0.429. The molecule has 18 heavy (non-hydrogen) atoms. The summed E-state index contributed by atoms with van der Waals surface area (Å²) in [4.78, 5) is 4.94. The van der Waals surface area contributed by atoms with E-state index in [1.165, 1.54) is 15.3 Å². The summed E-state index contributed by atoms with van der Waals surface area (Å²) in [6.45, 7) is 5.70. The van der Waals surface area contributed by atoms with E-state index in [1.807, 2.05) is 23.5 Å². The van der Waals surface area contributed by atoms with Crippen molar-refractivity contribution in [3.63, 3.8) is 0 Å². The molecular formula is C14H20N2OS. The summed E-state index contributed by atoms with van der Waals surface area (Å²) in [7, 11) is 2.09. The summed E-state index contributed by atoms with van der Waals surface area (Å²) in [5.74, 6) is 0.973. The van der Waals surface area contributed by atoms with E-state index >= 15 is 0 Å². The fourth-order valence-corrected chi connectivity index (χ4v) is 3.27. The lowest BCUT2D eigenvalue weighted by atomic mass is 10.1. The molecule has 0 aliphatic rings. The van der Waals surface area contributed by atoms with Gasteiger partial charge >= 0.3 is 0 Å². The van der Waals surface area contributed by atoms with Gasteiger partial charge in [-0.15, -0.1) is 11.3 Å². The summed E-state index contributed by atoms with van der Waals surface area (Å²) < 4.78 is 5.39. The van der Waals surface area contributed by atoms with E-state index in [2.05, 4.69) is 31.9 Å². The molecule has 0 aliphatic carbocycles. The molecule has 0 bridgehead atoms. The molecular weight excluding hydrogens is 244 g/mol. The van der Waals surface area contributed by atoms with Gasteiger partial charge in [0.15, 0.2) is 0 Å². The topological polar surface area (TPSA) is 42.4 Å². The fourth-order valence-electron chi connectivity index (χ4n) is 2.28. The number of hydrogen-bond acceptors (Lipinski definition) is 4. The highest BCUT2D eigenvalue weighted by atomic mass is 32.1. The van der Waals surface area contributed by atoms with Crippen LogP contribution in [0.1, 0.15) is 27.1 Å². The number of likely N-dealkylation sites (N-methyl/N-ethyl adjacent to an activating group) is 1. The minimum Gasteiger partial charge on any atom is -0.468 e. The Morgan fingerprint density at radius 2 is 2.22 bits per heavy atom. The lowest BCUT2D eigenvalue weighted by Crippen LogP contribution is -2.30. The minimum absolute atomic E-state index is 0.250. The van der Waals surface area contributed by atoms with Gasteiger partial charge in [-0.25, -0.2) is 0 Å². The molecule has 0 amide bonds. The Balaban J connectivity index is 2.15. The first-order valence-corrected chi connectivity index (χ1v) is 6.93. The second-order valence-electron chi connectivity index (χ2n) is 4.61. The Morgan fingerprint density at radius 1 is 1.44 bits per heavy atom. The van der Waals surface area contributed by atoms with Crippen LogP contribution in [-0.2, 0) is 6.54 Å². The van der Waals surface area contributed by atoms with Crippen molar-refractivity contribution in [1.29, 1.82) is 0 Å². The number of nitrogens with two attached hydrogens (primary N) is 1. The molecule has 0 saturated carbocycles. The van der Waals surface area contributed by atoms with E-state index in [1.54, 1.807) is 6.26 Å². The first kappa shape index (κ1) is 13.3. The van der Waals surface area contributed by atoms with Crippen LogP contribution in [0.3, 0.4) is 0 Å². The molecule has 0 saturated heterocycles. The summed E-state index contributed by atoms with van der Waals surface area (Å²) in [6.07, 6.45) is 1.71.